The first-order chi connectivity index (χ1) is 9.56. The Hall–Kier alpha value is -1.95. The first-order valence-corrected chi connectivity index (χ1v) is 6.49. The van der Waals surface area contributed by atoms with E-state index in [0.29, 0.717) is 42.4 Å². The molecule has 0 aromatic heterocycles. The van der Waals surface area contributed by atoms with Gasteiger partial charge in [-0.2, -0.15) is 0 Å². The molecule has 1 saturated heterocycles. The second-order valence-corrected chi connectivity index (χ2v) is 4.72. The van der Waals surface area contributed by atoms with Crippen molar-refractivity contribution in [3.63, 3.8) is 0 Å². The molecule has 2 N–H and O–H groups in total. The Morgan fingerprint density at radius 2 is 2.15 bits per heavy atom. The van der Waals surface area contributed by atoms with Gasteiger partial charge in [0, 0.05) is 19.2 Å². The first kappa shape index (κ1) is 14.5. The van der Waals surface area contributed by atoms with Gasteiger partial charge in [0.2, 0.25) is 0 Å². The van der Waals surface area contributed by atoms with Crippen molar-refractivity contribution in [1.29, 1.82) is 0 Å². The van der Waals surface area contributed by atoms with Gasteiger partial charge < -0.3 is 24.8 Å². The van der Waals surface area contributed by atoms with Crippen LogP contribution < -0.4 is 15.2 Å². The van der Waals surface area contributed by atoms with Crippen molar-refractivity contribution in [2.24, 2.45) is 0 Å². The minimum atomic E-state index is -0.130. The summed E-state index contributed by atoms with van der Waals surface area (Å²) >= 11 is 0. The Bertz CT molecular complexity index is 504. The zero-order valence-electron chi connectivity index (χ0n) is 12.0. The molecule has 1 unspecified atom stereocenters. The van der Waals surface area contributed by atoms with Crippen LogP contribution in [0.15, 0.2) is 12.1 Å². The Labute approximate surface area is 118 Å². The summed E-state index contributed by atoms with van der Waals surface area (Å²) in [6, 6.07) is 3.30. The van der Waals surface area contributed by atoms with Crippen LogP contribution in [0.5, 0.6) is 11.5 Å². The largest absolute Gasteiger partial charge is 0.497 e. The third kappa shape index (κ3) is 2.80. The molecule has 1 amide bonds. The van der Waals surface area contributed by atoms with Crippen molar-refractivity contribution < 1.29 is 19.0 Å². The molecule has 1 aliphatic rings. The van der Waals surface area contributed by atoms with E-state index in [9.17, 15) is 4.79 Å². The number of amides is 1. The van der Waals surface area contributed by atoms with Gasteiger partial charge in [0.1, 0.15) is 11.5 Å². The van der Waals surface area contributed by atoms with Gasteiger partial charge in [0.15, 0.2) is 0 Å². The van der Waals surface area contributed by atoms with Crippen LogP contribution in [0, 0.1) is 0 Å². The molecule has 0 spiro atoms. The lowest BCUT2D eigenvalue weighted by molar-refractivity contribution is -0.0123. The molecule has 6 heteroatoms. The molecular weight excluding hydrogens is 260 g/mol. The molecule has 1 aliphatic heterocycles. The van der Waals surface area contributed by atoms with Crippen LogP contribution in [0.4, 0.5) is 5.69 Å². The Morgan fingerprint density at radius 3 is 2.75 bits per heavy atom. The van der Waals surface area contributed by atoms with Crippen molar-refractivity contribution in [3.05, 3.63) is 17.7 Å². The minimum Gasteiger partial charge on any atom is -0.497 e. The van der Waals surface area contributed by atoms with Gasteiger partial charge >= 0.3 is 0 Å². The highest BCUT2D eigenvalue weighted by atomic mass is 16.5. The first-order valence-electron chi connectivity index (χ1n) is 6.49. The highest BCUT2D eigenvalue weighted by Gasteiger charge is 2.25. The highest BCUT2D eigenvalue weighted by Crippen LogP contribution is 2.32. The number of carbonyl (C=O) groups excluding carboxylic acids is 1. The summed E-state index contributed by atoms with van der Waals surface area (Å²) in [5.41, 5.74) is 6.73. The summed E-state index contributed by atoms with van der Waals surface area (Å²) in [7, 11) is 3.05. The molecule has 1 aromatic rings. The van der Waals surface area contributed by atoms with E-state index in [0.717, 1.165) is 0 Å². The van der Waals surface area contributed by atoms with Crippen LogP contribution in [0.3, 0.4) is 0 Å². The van der Waals surface area contributed by atoms with E-state index in [4.69, 9.17) is 19.9 Å². The fraction of sp³-hybridized carbons (Fsp3) is 0.500. The van der Waals surface area contributed by atoms with E-state index in [2.05, 4.69) is 0 Å². The molecule has 2 rings (SSSR count). The van der Waals surface area contributed by atoms with Gasteiger partial charge in [-0.05, 0) is 13.0 Å². The molecule has 1 fully saturated rings. The van der Waals surface area contributed by atoms with Gasteiger partial charge in [-0.3, -0.25) is 4.79 Å². The zero-order valence-corrected chi connectivity index (χ0v) is 12.0. The number of nitrogens with zero attached hydrogens (tertiary/aromatic N) is 1. The molecule has 1 aromatic carbocycles. The Balaban J connectivity index is 2.33. The summed E-state index contributed by atoms with van der Waals surface area (Å²) in [6.07, 6.45) is 0.0291. The van der Waals surface area contributed by atoms with E-state index < -0.39 is 0 Å². The van der Waals surface area contributed by atoms with Gasteiger partial charge in [0.05, 0.1) is 38.2 Å². The second-order valence-electron chi connectivity index (χ2n) is 4.72. The lowest BCUT2D eigenvalue weighted by atomic mass is 10.1. The number of anilines is 1. The quantitative estimate of drug-likeness (QED) is 0.841. The van der Waals surface area contributed by atoms with E-state index in [1.165, 1.54) is 14.2 Å². The molecule has 0 saturated carbocycles. The minimum absolute atomic E-state index is 0.0291. The van der Waals surface area contributed by atoms with Crippen molar-refractivity contribution in [2.45, 2.75) is 13.0 Å². The number of hydrogen-bond donors (Lipinski definition) is 1. The van der Waals surface area contributed by atoms with Crippen molar-refractivity contribution in [3.8, 4) is 11.5 Å². The smallest absolute Gasteiger partial charge is 0.256 e. The fourth-order valence-corrected chi connectivity index (χ4v) is 2.24. The number of hydrogen-bond acceptors (Lipinski definition) is 5. The van der Waals surface area contributed by atoms with E-state index >= 15 is 0 Å². The van der Waals surface area contributed by atoms with Gasteiger partial charge in [-0.25, -0.2) is 0 Å². The van der Waals surface area contributed by atoms with E-state index in [1.54, 1.807) is 17.0 Å². The van der Waals surface area contributed by atoms with Crippen molar-refractivity contribution in [2.75, 3.05) is 39.6 Å². The summed E-state index contributed by atoms with van der Waals surface area (Å²) in [5.74, 6) is 0.851. The standard InChI is InChI=1S/C14H20N2O4/c1-9-8-16(4-5-20-9)14(17)11-6-10(18-2)7-12(19-3)13(11)15/h6-7,9H,4-5,8,15H2,1-3H3. The maximum Gasteiger partial charge on any atom is 0.256 e. The van der Waals surface area contributed by atoms with Crippen LogP contribution in [0.1, 0.15) is 17.3 Å². The topological polar surface area (TPSA) is 74.0 Å². The number of nitrogen functional groups attached to an aromatic ring is 1. The van der Waals surface area contributed by atoms with Gasteiger partial charge in [0.25, 0.3) is 5.91 Å². The average Bonchev–Trinajstić information content (AvgIpc) is 2.47. The molecule has 6 nitrogen and oxygen atoms in total. The monoisotopic (exact) mass is 280 g/mol. The number of methoxy groups -OCH3 is 2. The molecule has 0 radical (unpaired) electrons. The third-order valence-corrected chi connectivity index (χ3v) is 3.33. The predicted molar refractivity (Wildman–Crippen MR) is 75.3 cm³/mol. The summed E-state index contributed by atoms with van der Waals surface area (Å²) in [6.45, 7) is 3.59. The number of rotatable bonds is 3. The van der Waals surface area contributed by atoms with E-state index in [-0.39, 0.29) is 12.0 Å². The predicted octanol–water partition coefficient (Wildman–Crippen LogP) is 1.15. The maximum atomic E-state index is 12.6. The van der Waals surface area contributed by atoms with Crippen LogP contribution in [-0.4, -0.2) is 50.8 Å². The average molecular weight is 280 g/mol. The summed E-state index contributed by atoms with van der Waals surface area (Å²) < 4.78 is 15.8. The highest BCUT2D eigenvalue weighted by molar-refractivity contribution is 6.01. The molecule has 0 aliphatic carbocycles. The summed E-state index contributed by atoms with van der Waals surface area (Å²) in [4.78, 5) is 14.3. The molecular formula is C14H20N2O4. The Morgan fingerprint density at radius 1 is 1.40 bits per heavy atom. The van der Waals surface area contributed by atoms with Crippen LogP contribution >= 0.6 is 0 Å². The fourth-order valence-electron chi connectivity index (χ4n) is 2.24. The van der Waals surface area contributed by atoms with Gasteiger partial charge in [-0.1, -0.05) is 0 Å². The molecule has 1 atom stereocenters. The normalized spacial score (nSPS) is 18.8. The van der Waals surface area contributed by atoms with E-state index in [1.807, 2.05) is 6.92 Å². The molecule has 1 heterocycles. The van der Waals surface area contributed by atoms with Gasteiger partial charge in [-0.15, -0.1) is 0 Å². The zero-order chi connectivity index (χ0) is 14.7. The second kappa shape index (κ2) is 6.00. The van der Waals surface area contributed by atoms with Crippen LogP contribution in [0.25, 0.3) is 0 Å². The summed E-state index contributed by atoms with van der Waals surface area (Å²) in [5, 5.41) is 0. The number of carbonyl (C=O) groups is 1. The molecule has 110 valence electrons. The lowest BCUT2D eigenvalue weighted by Crippen LogP contribution is -2.44. The maximum absolute atomic E-state index is 12.6. The van der Waals surface area contributed by atoms with Crippen LogP contribution in [-0.2, 0) is 4.74 Å². The third-order valence-electron chi connectivity index (χ3n) is 3.33. The molecule has 0 bridgehead atoms. The van der Waals surface area contributed by atoms with Crippen molar-refractivity contribution >= 4 is 11.6 Å². The number of ether oxygens (including phenoxy) is 3. The van der Waals surface area contributed by atoms with Crippen LogP contribution in [0.2, 0.25) is 0 Å². The molecule has 20 heavy (non-hydrogen) atoms. The number of morpholine rings is 1. The number of nitrogens with two attached hydrogens (primary N) is 1. The van der Waals surface area contributed by atoms with Crippen molar-refractivity contribution in [1.82, 2.24) is 4.90 Å². The SMILES string of the molecule is COc1cc(OC)c(N)c(C(=O)N2CCOC(C)C2)c1. The lowest BCUT2D eigenvalue weighted by Gasteiger charge is -2.31. The Kier molecular flexibility index (Phi) is 4.34. The number of benzene rings is 1.